The lowest BCUT2D eigenvalue weighted by Crippen LogP contribution is -2.41. The summed E-state index contributed by atoms with van der Waals surface area (Å²) in [6, 6.07) is 6.48. The minimum absolute atomic E-state index is 0.101. The first-order valence-electron chi connectivity index (χ1n) is 7.46. The van der Waals surface area contributed by atoms with Crippen molar-refractivity contribution in [2.75, 3.05) is 6.54 Å². The Morgan fingerprint density at radius 2 is 1.96 bits per heavy atom. The first kappa shape index (κ1) is 17.1. The number of carbonyl (C=O) groups is 2. The molecule has 0 unspecified atom stereocenters. The molecule has 0 aliphatic heterocycles. The highest BCUT2D eigenvalue weighted by atomic mass is 35.5. The van der Waals surface area contributed by atoms with Crippen molar-refractivity contribution >= 4 is 23.4 Å². The molecular weight excluding hydrogens is 314 g/mol. The predicted octanol–water partition coefficient (Wildman–Crippen LogP) is 2.70. The summed E-state index contributed by atoms with van der Waals surface area (Å²) in [4.78, 5) is 23.5. The predicted molar refractivity (Wildman–Crippen MR) is 90.8 cm³/mol. The number of amides is 2. The highest BCUT2D eigenvalue weighted by molar-refractivity contribution is 6.30. The van der Waals surface area contributed by atoms with Crippen molar-refractivity contribution in [3.8, 4) is 0 Å². The Hall–Kier alpha value is -2.27. The maximum absolute atomic E-state index is 11.8. The fraction of sp³-hybridized carbons (Fsp3) is 0.294. The number of nitrogens with one attached hydrogen (secondary N) is 3. The minimum atomic E-state index is -0.317. The van der Waals surface area contributed by atoms with Gasteiger partial charge >= 0.3 is 0 Å². The summed E-state index contributed by atoms with van der Waals surface area (Å²) in [6.45, 7) is 2.02. The molecule has 122 valence electrons. The zero-order valence-corrected chi connectivity index (χ0v) is 13.7. The van der Waals surface area contributed by atoms with Crippen LogP contribution in [0.1, 0.15) is 36.5 Å². The van der Waals surface area contributed by atoms with Gasteiger partial charge in [-0.25, -0.2) is 0 Å². The molecule has 6 heteroatoms. The molecule has 0 atom stereocenters. The molecule has 0 saturated carbocycles. The molecule has 1 aliphatic carbocycles. The Balaban J connectivity index is 1.70. The number of benzene rings is 1. The van der Waals surface area contributed by atoms with Crippen LogP contribution in [-0.2, 0) is 4.79 Å². The Labute approximate surface area is 140 Å². The molecule has 0 heterocycles. The van der Waals surface area contributed by atoms with E-state index in [1.165, 1.54) is 11.1 Å². The maximum atomic E-state index is 11.8. The second kappa shape index (κ2) is 8.39. The molecule has 2 rings (SSSR count). The third-order valence-corrected chi connectivity index (χ3v) is 3.81. The molecule has 1 aromatic carbocycles. The summed E-state index contributed by atoms with van der Waals surface area (Å²) in [5, 5.41) is 3.11. The van der Waals surface area contributed by atoms with Crippen LogP contribution in [0.2, 0.25) is 5.02 Å². The molecule has 2 amide bonds. The maximum Gasteiger partial charge on any atom is 0.257 e. The highest BCUT2D eigenvalue weighted by Gasteiger charge is 2.08. The van der Waals surface area contributed by atoms with Crippen LogP contribution < -0.4 is 16.2 Å². The Morgan fingerprint density at radius 3 is 2.61 bits per heavy atom. The quantitative estimate of drug-likeness (QED) is 0.573. The molecule has 0 radical (unpaired) electrons. The van der Waals surface area contributed by atoms with Gasteiger partial charge in [-0.05, 0) is 56.0 Å². The van der Waals surface area contributed by atoms with Crippen molar-refractivity contribution in [1.82, 2.24) is 16.2 Å². The topological polar surface area (TPSA) is 70.2 Å². The SMILES string of the molecule is CC1=CCC(=CNNC(=O)CNC(=O)c2ccc(Cl)cc2)CC1. The van der Waals surface area contributed by atoms with Crippen LogP contribution in [0.15, 0.2) is 47.7 Å². The van der Waals surface area contributed by atoms with E-state index in [4.69, 9.17) is 11.6 Å². The Morgan fingerprint density at radius 1 is 1.22 bits per heavy atom. The lowest BCUT2D eigenvalue weighted by Gasteiger charge is -2.13. The smallest absolute Gasteiger partial charge is 0.257 e. The number of hydrogen-bond donors (Lipinski definition) is 3. The average Bonchev–Trinajstić information content (AvgIpc) is 2.55. The van der Waals surface area contributed by atoms with Crippen molar-refractivity contribution < 1.29 is 9.59 Å². The van der Waals surface area contributed by atoms with Crippen LogP contribution in [0.3, 0.4) is 0 Å². The van der Waals surface area contributed by atoms with Crippen molar-refractivity contribution in [1.29, 1.82) is 0 Å². The fourth-order valence-electron chi connectivity index (χ4n) is 2.12. The van der Waals surface area contributed by atoms with Gasteiger partial charge in [0.2, 0.25) is 0 Å². The van der Waals surface area contributed by atoms with E-state index in [0.29, 0.717) is 10.6 Å². The van der Waals surface area contributed by atoms with Crippen LogP contribution in [0.4, 0.5) is 0 Å². The van der Waals surface area contributed by atoms with Crippen LogP contribution in [0.25, 0.3) is 0 Å². The van der Waals surface area contributed by atoms with E-state index in [1.54, 1.807) is 24.3 Å². The number of halogens is 1. The number of carbonyl (C=O) groups excluding carboxylic acids is 2. The number of allylic oxidation sites excluding steroid dienone is 3. The lowest BCUT2D eigenvalue weighted by atomic mass is 9.97. The molecule has 1 aromatic rings. The third-order valence-electron chi connectivity index (χ3n) is 3.56. The van der Waals surface area contributed by atoms with Gasteiger partial charge < -0.3 is 10.7 Å². The zero-order valence-electron chi connectivity index (χ0n) is 13.0. The number of hydrazine groups is 1. The molecule has 0 fully saturated rings. The second-order valence-electron chi connectivity index (χ2n) is 5.44. The summed E-state index contributed by atoms with van der Waals surface area (Å²) in [6.07, 6.45) is 6.95. The van der Waals surface area contributed by atoms with E-state index in [1.807, 2.05) is 6.20 Å². The zero-order chi connectivity index (χ0) is 16.7. The fourth-order valence-corrected chi connectivity index (χ4v) is 2.25. The van der Waals surface area contributed by atoms with Crippen molar-refractivity contribution in [2.45, 2.75) is 26.2 Å². The third kappa shape index (κ3) is 5.79. The summed E-state index contributed by atoms with van der Waals surface area (Å²) >= 11 is 5.76. The van der Waals surface area contributed by atoms with E-state index in [-0.39, 0.29) is 18.4 Å². The van der Waals surface area contributed by atoms with Gasteiger partial charge in [-0.2, -0.15) is 0 Å². The van der Waals surface area contributed by atoms with Crippen molar-refractivity contribution in [3.05, 3.63) is 58.3 Å². The standard InChI is InChI=1S/C17H20ClN3O2/c1-12-2-4-13(5-3-12)10-20-21-16(22)11-19-17(23)14-6-8-15(18)9-7-14/h2,6-10,20H,3-5,11H2,1H3,(H,19,23)(H,21,22). The summed E-state index contributed by atoms with van der Waals surface area (Å²) in [5.74, 6) is -0.630. The molecule has 0 bridgehead atoms. The summed E-state index contributed by atoms with van der Waals surface area (Å²) in [7, 11) is 0. The van der Waals surface area contributed by atoms with Crippen molar-refractivity contribution in [2.24, 2.45) is 0 Å². The molecule has 5 nitrogen and oxygen atoms in total. The van der Waals surface area contributed by atoms with Gasteiger partial charge in [-0.15, -0.1) is 0 Å². The normalized spacial score (nSPS) is 15.7. The van der Waals surface area contributed by atoms with Gasteiger partial charge in [-0.1, -0.05) is 23.3 Å². The van der Waals surface area contributed by atoms with Gasteiger partial charge in [0.1, 0.15) is 0 Å². The molecule has 23 heavy (non-hydrogen) atoms. The molecule has 3 N–H and O–H groups in total. The van der Waals surface area contributed by atoms with Gasteiger partial charge in [0.15, 0.2) is 0 Å². The van der Waals surface area contributed by atoms with Crippen LogP contribution in [-0.4, -0.2) is 18.4 Å². The van der Waals surface area contributed by atoms with E-state index < -0.39 is 0 Å². The minimum Gasteiger partial charge on any atom is -0.343 e. The van der Waals surface area contributed by atoms with Crippen LogP contribution in [0, 0.1) is 0 Å². The van der Waals surface area contributed by atoms with E-state index in [9.17, 15) is 9.59 Å². The van der Waals surface area contributed by atoms with Crippen molar-refractivity contribution in [3.63, 3.8) is 0 Å². The van der Waals surface area contributed by atoms with E-state index in [2.05, 4.69) is 29.2 Å². The molecule has 0 saturated heterocycles. The molecule has 1 aliphatic rings. The lowest BCUT2D eigenvalue weighted by molar-refractivity contribution is -0.120. The summed E-state index contributed by atoms with van der Waals surface area (Å²) < 4.78 is 0. The van der Waals surface area contributed by atoms with Gasteiger partial charge in [0.25, 0.3) is 11.8 Å². The Bertz CT molecular complexity index is 636. The van der Waals surface area contributed by atoms with Crippen LogP contribution >= 0.6 is 11.6 Å². The summed E-state index contributed by atoms with van der Waals surface area (Å²) in [5.41, 5.74) is 8.41. The first-order valence-corrected chi connectivity index (χ1v) is 7.84. The molecule has 0 aromatic heterocycles. The van der Waals surface area contributed by atoms with Gasteiger partial charge in [0, 0.05) is 16.8 Å². The largest absolute Gasteiger partial charge is 0.343 e. The number of rotatable bonds is 5. The molecule has 0 spiro atoms. The van der Waals surface area contributed by atoms with E-state index >= 15 is 0 Å². The first-order chi connectivity index (χ1) is 11.0. The Kier molecular flexibility index (Phi) is 6.23. The van der Waals surface area contributed by atoms with Gasteiger partial charge in [-0.3, -0.25) is 15.0 Å². The average molecular weight is 334 g/mol. The van der Waals surface area contributed by atoms with Gasteiger partial charge in [0.05, 0.1) is 6.54 Å². The molecular formula is C17H20ClN3O2. The second-order valence-corrected chi connectivity index (χ2v) is 5.88. The highest BCUT2D eigenvalue weighted by Crippen LogP contribution is 2.21. The monoisotopic (exact) mass is 333 g/mol. The van der Waals surface area contributed by atoms with Crippen LogP contribution in [0.5, 0.6) is 0 Å². The van der Waals surface area contributed by atoms with E-state index in [0.717, 1.165) is 19.3 Å². The number of hydrogen-bond acceptors (Lipinski definition) is 3.